The topological polar surface area (TPSA) is 46.2 Å². The number of alkyl halides is 3. The van der Waals surface area contributed by atoms with Crippen LogP contribution in [0.4, 0.5) is 17.6 Å². The lowest BCUT2D eigenvalue weighted by Gasteiger charge is -2.11. The summed E-state index contributed by atoms with van der Waals surface area (Å²) in [6.07, 6.45) is -2.89. The first-order valence-electron chi connectivity index (χ1n) is 6.10. The van der Waals surface area contributed by atoms with Crippen molar-refractivity contribution in [2.24, 2.45) is 0 Å². The Morgan fingerprint density at radius 1 is 1.38 bits per heavy atom. The van der Waals surface area contributed by atoms with Crippen LogP contribution in [0.25, 0.3) is 0 Å². The SMILES string of the molecule is CC(CCNC(=O)c1ccc(F)c(C(F)(F)F)c1)S(C)=O. The van der Waals surface area contributed by atoms with E-state index in [1.54, 1.807) is 6.92 Å². The molecule has 0 aliphatic heterocycles. The lowest BCUT2D eigenvalue weighted by atomic mass is 10.1. The Balaban J connectivity index is 2.73. The fraction of sp³-hybridized carbons (Fsp3) is 0.462. The Morgan fingerprint density at radius 3 is 2.52 bits per heavy atom. The molecule has 0 fully saturated rings. The van der Waals surface area contributed by atoms with Crippen molar-refractivity contribution in [3.05, 3.63) is 35.1 Å². The molecule has 0 saturated carbocycles. The van der Waals surface area contributed by atoms with E-state index in [0.29, 0.717) is 18.6 Å². The van der Waals surface area contributed by atoms with E-state index in [1.165, 1.54) is 6.26 Å². The molecule has 0 spiro atoms. The van der Waals surface area contributed by atoms with Crippen LogP contribution in [-0.4, -0.2) is 28.2 Å². The molecule has 1 aromatic carbocycles. The molecule has 21 heavy (non-hydrogen) atoms. The minimum absolute atomic E-state index is 0.135. The number of halogens is 4. The zero-order chi connectivity index (χ0) is 16.2. The monoisotopic (exact) mass is 325 g/mol. The summed E-state index contributed by atoms with van der Waals surface area (Å²) >= 11 is 0. The molecule has 0 radical (unpaired) electrons. The largest absolute Gasteiger partial charge is 0.419 e. The van der Waals surface area contributed by atoms with Crippen molar-refractivity contribution >= 4 is 16.7 Å². The van der Waals surface area contributed by atoms with Gasteiger partial charge in [0.15, 0.2) is 0 Å². The Kier molecular flexibility index (Phi) is 5.88. The van der Waals surface area contributed by atoms with Gasteiger partial charge in [0, 0.05) is 34.4 Å². The Morgan fingerprint density at radius 2 is 2.00 bits per heavy atom. The smallest absolute Gasteiger partial charge is 0.352 e. The second-order valence-electron chi connectivity index (χ2n) is 4.55. The van der Waals surface area contributed by atoms with Gasteiger partial charge >= 0.3 is 6.18 Å². The van der Waals surface area contributed by atoms with Crippen LogP contribution < -0.4 is 5.32 Å². The lowest BCUT2D eigenvalue weighted by Crippen LogP contribution is -2.27. The maximum absolute atomic E-state index is 13.1. The highest BCUT2D eigenvalue weighted by Crippen LogP contribution is 2.31. The highest BCUT2D eigenvalue weighted by Gasteiger charge is 2.34. The summed E-state index contributed by atoms with van der Waals surface area (Å²) in [7, 11) is -1.04. The van der Waals surface area contributed by atoms with Crippen LogP contribution in [0.5, 0.6) is 0 Å². The standard InChI is InChI=1S/C13H15F4NO2S/c1-8(21(2)20)5-6-18-12(19)9-3-4-11(14)10(7-9)13(15,16)17/h3-4,7-8H,5-6H2,1-2H3,(H,18,19). The molecule has 0 heterocycles. The van der Waals surface area contributed by atoms with Gasteiger partial charge in [0.25, 0.3) is 5.91 Å². The van der Waals surface area contributed by atoms with Crippen molar-refractivity contribution in [2.45, 2.75) is 24.8 Å². The van der Waals surface area contributed by atoms with Gasteiger partial charge in [0.2, 0.25) is 0 Å². The van der Waals surface area contributed by atoms with Crippen molar-refractivity contribution in [1.82, 2.24) is 5.32 Å². The molecule has 0 aliphatic carbocycles. The van der Waals surface area contributed by atoms with E-state index in [4.69, 9.17) is 0 Å². The van der Waals surface area contributed by atoms with Gasteiger partial charge in [0.05, 0.1) is 5.56 Å². The van der Waals surface area contributed by atoms with Gasteiger partial charge in [0.1, 0.15) is 5.82 Å². The zero-order valence-electron chi connectivity index (χ0n) is 11.5. The zero-order valence-corrected chi connectivity index (χ0v) is 12.3. The van der Waals surface area contributed by atoms with Crippen LogP contribution in [0.15, 0.2) is 18.2 Å². The molecule has 0 aromatic heterocycles. The van der Waals surface area contributed by atoms with Gasteiger partial charge in [-0.25, -0.2) is 4.39 Å². The normalized spacial score (nSPS) is 14.6. The van der Waals surface area contributed by atoms with Crippen molar-refractivity contribution in [1.29, 1.82) is 0 Å². The number of nitrogens with one attached hydrogen (secondary N) is 1. The van der Waals surface area contributed by atoms with Gasteiger partial charge < -0.3 is 5.32 Å². The molecule has 0 aliphatic rings. The van der Waals surface area contributed by atoms with Crippen molar-refractivity contribution < 1.29 is 26.6 Å². The fourth-order valence-electron chi connectivity index (χ4n) is 1.54. The van der Waals surface area contributed by atoms with Crippen LogP contribution in [0.2, 0.25) is 0 Å². The summed E-state index contributed by atoms with van der Waals surface area (Å²) in [4.78, 5) is 11.7. The summed E-state index contributed by atoms with van der Waals surface area (Å²) in [5.74, 6) is -2.15. The number of benzene rings is 1. The first-order valence-corrected chi connectivity index (χ1v) is 7.72. The predicted molar refractivity (Wildman–Crippen MR) is 71.9 cm³/mol. The second-order valence-corrected chi connectivity index (χ2v) is 6.35. The molecule has 1 amide bonds. The van der Waals surface area contributed by atoms with E-state index in [1.807, 2.05) is 0 Å². The van der Waals surface area contributed by atoms with Crippen molar-refractivity contribution in [2.75, 3.05) is 12.8 Å². The quantitative estimate of drug-likeness (QED) is 0.846. The van der Waals surface area contributed by atoms with Crippen LogP contribution >= 0.6 is 0 Å². The first kappa shape index (κ1) is 17.6. The second kappa shape index (κ2) is 7.02. The molecule has 3 nitrogen and oxygen atoms in total. The van der Waals surface area contributed by atoms with Crippen LogP contribution in [0, 0.1) is 5.82 Å². The molecule has 1 aromatic rings. The highest BCUT2D eigenvalue weighted by molar-refractivity contribution is 7.84. The Bertz CT molecular complexity index is 545. The van der Waals surface area contributed by atoms with E-state index in [0.717, 1.165) is 6.07 Å². The van der Waals surface area contributed by atoms with E-state index < -0.39 is 34.3 Å². The number of hydrogen-bond donors (Lipinski definition) is 1. The number of carbonyl (C=O) groups excluding carboxylic acids is 1. The summed E-state index contributed by atoms with van der Waals surface area (Å²) in [5, 5.41) is 2.28. The van der Waals surface area contributed by atoms with E-state index in [-0.39, 0.29) is 17.4 Å². The van der Waals surface area contributed by atoms with E-state index in [2.05, 4.69) is 5.32 Å². The van der Waals surface area contributed by atoms with Gasteiger partial charge in [-0.05, 0) is 24.6 Å². The third-order valence-corrected chi connectivity index (χ3v) is 4.31. The molecule has 0 bridgehead atoms. The number of amides is 1. The first-order chi connectivity index (χ1) is 9.62. The summed E-state index contributed by atoms with van der Waals surface area (Å²) in [5.41, 5.74) is -1.74. The van der Waals surface area contributed by atoms with Crippen molar-refractivity contribution in [3.8, 4) is 0 Å². The predicted octanol–water partition coefficient (Wildman–Crippen LogP) is 2.73. The third-order valence-electron chi connectivity index (χ3n) is 2.94. The third kappa shape index (κ3) is 5.11. The average Bonchev–Trinajstić information content (AvgIpc) is 2.37. The molecule has 2 unspecified atom stereocenters. The molecule has 2 atom stereocenters. The van der Waals surface area contributed by atoms with Gasteiger partial charge in [-0.1, -0.05) is 6.92 Å². The number of carbonyl (C=O) groups is 1. The number of hydrogen-bond acceptors (Lipinski definition) is 2. The molecule has 0 saturated heterocycles. The maximum Gasteiger partial charge on any atom is 0.419 e. The molecule has 1 rings (SSSR count). The molecular weight excluding hydrogens is 310 g/mol. The van der Waals surface area contributed by atoms with Crippen LogP contribution in [-0.2, 0) is 17.0 Å². The minimum atomic E-state index is -4.85. The van der Waals surface area contributed by atoms with Gasteiger partial charge in [-0.15, -0.1) is 0 Å². The maximum atomic E-state index is 13.1. The van der Waals surface area contributed by atoms with Crippen molar-refractivity contribution in [3.63, 3.8) is 0 Å². The Labute approximate surface area is 122 Å². The average molecular weight is 325 g/mol. The van der Waals surface area contributed by atoms with Crippen LogP contribution in [0.3, 0.4) is 0 Å². The van der Waals surface area contributed by atoms with E-state index >= 15 is 0 Å². The summed E-state index contributed by atoms with van der Waals surface area (Å²) in [6, 6.07) is 2.08. The molecule has 1 N–H and O–H groups in total. The van der Waals surface area contributed by atoms with Crippen LogP contribution in [0.1, 0.15) is 29.3 Å². The Hall–Kier alpha value is -1.44. The van der Waals surface area contributed by atoms with Gasteiger partial charge in [-0.3, -0.25) is 9.00 Å². The fourth-order valence-corrected chi connectivity index (χ4v) is 1.99. The van der Waals surface area contributed by atoms with Gasteiger partial charge in [-0.2, -0.15) is 13.2 Å². The van der Waals surface area contributed by atoms with E-state index in [9.17, 15) is 26.6 Å². The highest BCUT2D eigenvalue weighted by atomic mass is 32.2. The lowest BCUT2D eigenvalue weighted by molar-refractivity contribution is -0.140. The molecule has 8 heteroatoms. The summed E-state index contributed by atoms with van der Waals surface area (Å²) in [6.45, 7) is 1.92. The minimum Gasteiger partial charge on any atom is -0.352 e. The molecule has 118 valence electrons. The molecular formula is C13H15F4NO2S. The number of rotatable bonds is 5. The summed E-state index contributed by atoms with van der Waals surface area (Å²) < 4.78 is 61.8.